The van der Waals surface area contributed by atoms with Crippen LogP contribution in [-0.4, -0.2) is 31.0 Å². The molecule has 0 saturated carbocycles. The average molecular weight is 258 g/mol. The van der Waals surface area contributed by atoms with Crippen LogP contribution in [0.5, 0.6) is 0 Å². The summed E-state index contributed by atoms with van der Waals surface area (Å²) in [6.45, 7) is 0. The van der Waals surface area contributed by atoms with Gasteiger partial charge < -0.3 is 5.11 Å². The third-order valence-electron chi connectivity index (χ3n) is 2.95. The molecule has 4 nitrogen and oxygen atoms in total. The first-order valence-corrected chi connectivity index (χ1v) is 6.90. The van der Waals surface area contributed by atoms with Gasteiger partial charge in [-0.05, 0) is 17.7 Å². The van der Waals surface area contributed by atoms with Crippen molar-refractivity contribution < 1.29 is 22.7 Å². The zero-order valence-electron chi connectivity index (χ0n) is 8.84. The van der Waals surface area contributed by atoms with Gasteiger partial charge in [-0.15, -0.1) is 0 Å². The minimum absolute atomic E-state index is 0.229. The van der Waals surface area contributed by atoms with Gasteiger partial charge >= 0.3 is 5.97 Å². The molecule has 1 aliphatic rings. The third-order valence-corrected chi connectivity index (χ3v) is 4.68. The highest BCUT2D eigenvalue weighted by Gasteiger charge is 2.42. The van der Waals surface area contributed by atoms with Gasteiger partial charge in [0.15, 0.2) is 9.84 Å². The monoisotopic (exact) mass is 258 g/mol. The number of hydrogen-bond donors (Lipinski definition) is 1. The fourth-order valence-electron chi connectivity index (χ4n) is 2.16. The van der Waals surface area contributed by atoms with Crippen LogP contribution in [0.4, 0.5) is 4.39 Å². The van der Waals surface area contributed by atoms with Crippen molar-refractivity contribution in [1.29, 1.82) is 0 Å². The van der Waals surface area contributed by atoms with E-state index < -0.39 is 33.5 Å². The van der Waals surface area contributed by atoms with E-state index in [4.69, 9.17) is 5.11 Å². The van der Waals surface area contributed by atoms with Crippen LogP contribution in [0.25, 0.3) is 0 Å². The Bertz CT molecular complexity index is 552. The van der Waals surface area contributed by atoms with Crippen LogP contribution >= 0.6 is 0 Å². The Morgan fingerprint density at radius 2 is 2.06 bits per heavy atom. The van der Waals surface area contributed by atoms with E-state index in [1.807, 2.05) is 0 Å². The van der Waals surface area contributed by atoms with Crippen LogP contribution in [0.15, 0.2) is 24.3 Å². The maximum absolute atomic E-state index is 13.0. The van der Waals surface area contributed by atoms with Crippen molar-refractivity contribution in [3.63, 3.8) is 0 Å². The van der Waals surface area contributed by atoms with Crippen molar-refractivity contribution in [2.75, 3.05) is 11.5 Å². The lowest BCUT2D eigenvalue weighted by Crippen LogP contribution is -2.20. The summed E-state index contributed by atoms with van der Waals surface area (Å²) < 4.78 is 36.0. The SMILES string of the molecule is O=C(O)C1CS(=O)(=O)CC1c1cccc(F)c1. The molecular weight excluding hydrogens is 247 g/mol. The molecule has 0 aromatic heterocycles. The van der Waals surface area contributed by atoms with Crippen LogP contribution in [0.2, 0.25) is 0 Å². The molecular formula is C11H11FO4S. The van der Waals surface area contributed by atoms with Crippen molar-refractivity contribution in [2.45, 2.75) is 5.92 Å². The van der Waals surface area contributed by atoms with E-state index in [0.29, 0.717) is 5.56 Å². The Morgan fingerprint density at radius 3 is 2.65 bits per heavy atom. The highest BCUT2D eigenvalue weighted by molar-refractivity contribution is 7.91. The number of benzene rings is 1. The Balaban J connectivity index is 2.40. The van der Waals surface area contributed by atoms with Crippen molar-refractivity contribution in [3.05, 3.63) is 35.6 Å². The predicted octanol–water partition coefficient (Wildman–Crippen LogP) is 1.04. The number of carbonyl (C=O) groups is 1. The number of sulfone groups is 1. The lowest BCUT2D eigenvalue weighted by Gasteiger charge is -2.14. The van der Waals surface area contributed by atoms with Crippen LogP contribution in [0.3, 0.4) is 0 Å². The zero-order valence-corrected chi connectivity index (χ0v) is 9.65. The summed E-state index contributed by atoms with van der Waals surface area (Å²) in [5.41, 5.74) is 0.429. The van der Waals surface area contributed by atoms with Crippen molar-refractivity contribution >= 4 is 15.8 Å². The molecule has 1 aliphatic heterocycles. The van der Waals surface area contributed by atoms with E-state index in [1.54, 1.807) is 6.07 Å². The lowest BCUT2D eigenvalue weighted by atomic mass is 9.89. The molecule has 1 heterocycles. The summed E-state index contributed by atoms with van der Waals surface area (Å²) in [5.74, 6) is -3.89. The summed E-state index contributed by atoms with van der Waals surface area (Å²) in [7, 11) is -3.35. The van der Waals surface area contributed by atoms with E-state index in [-0.39, 0.29) is 11.5 Å². The van der Waals surface area contributed by atoms with Gasteiger partial charge in [-0.1, -0.05) is 12.1 Å². The van der Waals surface area contributed by atoms with Gasteiger partial charge in [0, 0.05) is 5.92 Å². The Kier molecular flexibility index (Phi) is 2.91. The zero-order chi connectivity index (χ0) is 12.6. The quantitative estimate of drug-likeness (QED) is 0.860. The van der Waals surface area contributed by atoms with Crippen LogP contribution in [0, 0.1) is 11.7 Å². The molecule has 0 aliphatic carbocycles. The molecule has 17 heavy (non-hydrogen) atoms. The van der Waals surface area contributed by atoms with Crippen LogP contribution < -0.4 is 0 Å². The standard InChI is InChI=1S/C11H11FO4S/c12-8-3-1-2-7(4-8)9-5-17(15,16)6-10(9)11(13)14/h1-4,9-10H,5-6H2,(H,13,14). The first kappa shape index (κ1) is 12.0. The second kappa shape index (κ2) is 4.10. The second-order valence-corrected chi connectivity index (χ2v) is 6.34. The molecule has 1 N–H and O–H groups in total. The number of rotatable bonds is 2. The summed E-state index contributed by atoms with van der Waals surface area (Å²) in [6.07, 6.45) is 0. The highest BCUT2D eigenvalue weighted by Crippen LogP contribution is 2.34. The smallest absolute Gasteiger partial charge is 0.308 e. The van der Waals surface area contributed by atoms with Gasteiger partial charge in [-0.25, -0.2) is 12.8 Å². The number of hydrogen-bond acceptors (Lipinski definition) is 3. The minimum atomic E-state index is -3.35. The number of carboxylic acids is 1. The largest absolute Gasteiger partial charge is 0.481 e. The first-order valence-electron chi connectivity index (χ1n) is 5.08. The Labute approximate surface area is 98.0 Å². The number of carboxylic acid groups (broad SMARTS) is 1. The fraction of sp³-hybridized carbons (Fsp3) is 0.364. The van der Waals surface area contributed by atoms with Gasteiger partial charge in [-0.3, -0.25) is 4.79 Å². The molecule has 2 unspecified atom stereocenters. The van der Waals surface area contributed by atoms with Gasteiger partial charge in [0.1, 0.15) is 5.82 Å². The molecule has 2 rings (SSSR count). The van der Waals surface area contributed by atoms with Crippen LogP contribution in [0.1, 0.15) is 11.5 Å². The van der Waals surface area contributed by atoms with E-state index in [0.717, 1.165) is 0 Å². The van der Waals surface area contributed by atoms with Crippen molar-refractivity contribution in [1.82, 2.24) is 0 Å². The average Bonchev–Trinajstić information content (AvgIpc) is 2.55. The molecule has 1 fully saturated rings. The maximum Gasteiger partial charge on any atom is 0.308 e. The Hall–Kier alpha value is -1.43. The molecule has 0 amide bonds. The Morgan fingerprint density at radius 1 is 1.35 bits per heavy atom. The lowest BCUT2D eigenvalue weighted by molar-refractivity contribution is -0.141. The first-order chi connectivity index (χ1) is 7.89. The summed E-state index contributed by atoms with van der Waals surface area (Å²) in [6, 6.07) is 5.45. The molecule has 1 saturated heterocycles. The summed E-state index contributed by atoms with van der Waals surface area (Å²) >= 11 is 0. The molecule has 6 heteroatoms. The summed E-state index contributed by atoms with van der Waals surface area (Å²) in [4.78, 5) is 11.0. The predicted molar refractivity (Wildman–Crippen MR) is 58.9 cm³/mol. The molecule has 0 bridgehead atoms. The van der Waals surface area contributed by atoms with E-state index in [2.05, 4.69) is 0 Å². The van der Waals surface area contributed by atoms with Gasteiger partial charge in [0.05, 0.1) is 17.4 Å². The minimum Gasteiger partial charge on any atom is -0.481 e. The maximum atomic E-state index is 13.0. The topological polar surface area (TPSA) is 71.4 Å². The molecule has 0 radical (unpaired) electrons. The molecule has 1 aromatic carbocycles. The van der Waals surface area contributed by atoms with Crippen LogP contribution in [-0.2, 0) is 14.6 Å². The molecule has 0 spiro atoms. The van der Waals surface area contributed by atoms with E-state index in [1.165, 1.54) is 18.2 Å². The van der Waals surface area contributed by atoms with Gasteiger partial charge in [0.25, 0.3) is 0 Å². The summed E-state index contributed by atoms with van der Waals surface area (Å²) in [5, 5.41) is 8.99. The van der Waals surface area contributed by atoms with Gasteiger partial charge in [0.2, 0.25) is 0 Å². The van der Waals surface area contributed by atoms with Crippen molar-refractivity contribution in [2.24, 2.45) is 5.92 Å². The number of halogens is 1. The van der Waals surface area contributed by atoms with Gasteiger partial charge in [-0.2, -0.15) is 0 Å². The highest BCUT2D eigenvalue weighted by atomic mass is 32.2. The fourth-order valence-corrected chi connectivity index (χ4v) is 4.19. The number of aliphatic carboxylic acids is 1. The van der Waals surface area contributed by atoms with E-state index in [9.17, 15) is 17.6 Å². The third kappa shape index (κ3) is 2.46. The molecule has 92 valence electrons. The normalized spacial score (nSPS) is 26.9. The molecule has 1 aromatic rings. The molecule has 2 atom stereocenters. The second-order valence-electron chi connectivity index (χ2n) is 4.18. The van der Waals surface area contributed by atoms with E-state index >= 15 is 0 Å². The van der Waals surface area contributed by atoms with Crippen molar-refractivity contribution in [3.8, 4) is 0 Å².